The Morgan fingerprint density at radius 3 is 2.78 bits per heavy atom. The quantitative estimate of drug-likeness (QED) is 0.873. The van der Waals surface area contributed by atoms with Gasteiger partial charge in [-0.25, -0.2) is 9.78 Å². The van der Waals surface area contributed by atoms with Crippen LogP contribution in [0.5, 0.6) is 0 Å². The molecular weight excluding hydrogens is 331 g/mol. The van der Waals surface area contributed by atoms with Gasteiger partial charge < -0.3 is 10.2 Å². The number of nitrogens with zero attached hydrogens (tertiary/aromatic N) is 3. The fourth-order valence-electron chi connectivity index (χ4n) is 1.78. The highest BCUT2D eigenvalue weighted by Crippen LogP contribution is 2.30. The molecule has 2 heterocycles. The van der Waals surface area contributed by atoms with E-state index in [4.69, 9.17) is 0 Å². The molecule has 2 amide bonds. The molecule has 0 spiro atoms. The van der Waals surface area contributed by atoms with Crippen LogP contribution >= 0.6 is 11.3 Å². The Morgan fingerprint density at radius 1 is 1.48 bits per heavy atom. The first-order valence-corrected chi connectivity index (χ1v) is 7.71. The molecule has 0 saturated carbocycles. The fraction of sp³-hybridized carbons (Fsp3) is 0.462. The number of hydrogen-bond acceptors (Lipinski definition) is 4. The summed E-state index contributed by atoms with van der Waals surface area (Å²) in [4.78, 5) is 16.7. The van der Waals surface area contributed by atoms with Crippen LogP contribution < -0.4 is 5.32 Å². The van der Waals surface area contributed by atoms with Crippen molar-refractivity contribution in [2.75, 3.05) is 7.05 Å². The molecule has 0 aliphatic heterocycles. The number of carbonyl (C=O) groups excluding carboxylic acids is 1. The van der Waals surface area contributed by atoms with Gasteiger partial charge in [-0.05, 0) is 12.5 Å². The van der Waals surface area contributed by atoms with Crippen molar-refractivity contribution in [3.05, 3.63) is 33.5 Å². The maximum atomic E-state index is 12.5. The number of aromatic nitrogens is 3. The highest BCUT2D eigenvalue weighted by molar-refractivity contribution is 7.09. The van der Waals surface area contributed by atoms with Gasteiger partial charge >= 0.3 is 12.2 Å². The van der Waals surface area contributed by atoms with Crippen LogP contribution in [0.4, 0.5) is 18.0 Å². The van der Waals surface area contributed by atoms with E-state index >= 15 is 0 Å². The van der Waals surface area contributed by atoms with E-state index in [0.717, 1.165) is 34.5 Å². The Balaban J connectivity index is 1.86. The van der Waals surface area contributed by atoms with Crippen LogP contribution in [-0.4, -0.2) is 33.2 Å². The molecule has 0 fully saturated rings. The molecular formula is C13H16F3N5OS. The third-order valence-corrected chi connectivity index (χ3v) is 3.87. The molecule has 0 aliphatic rings. The van der Waals surface area contributed by atoms with Gasteiger partial charge in [0.2, 0.25) is 0 Å². The summed E-state index contributed by atoms with van der Waals surface area (Å²) in [5.74, 6) is 0. The maximum Gasteiger partial charge on any atom is 0.434 e. The molecule has 23 heavy (non-hydrogen) atoms. The molecule has 126 valence electrons. The summed E-state index contributed by atoms with van der Waals surface area (Å²) >= 11 is 0.874. The maximum absolute atomic E-state index is 12.5. The molecule has 0 atom stereocenters. The first-order chi connectivity index (χ1) is 10.8. The number of alkyl halides is 3. The second kappa shape index (κ2) is 6.99. The topological polar surface area (TPSA) is 73.9 Å². The summed E-state index contributed by atoms with van der Waals surface area (Å²) in [6.07, 6.45) is -3.68. The van der Waals surface area contributed by atoms with E-state index < -0.39 is 17.9 Å². The Morgan fingerprint density at radius 2 is 2.22 bits per heavy atom. The second-order valence-corrected chi connectivity index (χ2v) is 5.82. The monoisotopic (exact) mass is 347 g/mol. The van der Waals surface area contributed by atoms with Crippen LogP contribution in [-0.2, 0) is 25.7 Å². The number of carbonyl (C=O) groups is 1. The highest BCUT2D eigenvalue weighted by atomic mass is 32.1. The predicted octanol–water partition coefficient (Wildman–Crippen LogP) is 2.79. The third-order valence-electron chi connectivity index (χ3n) is 3.04. The molecule has 2 aromatic heterocycles. The van der Waals surface area contributed by atoms with Gasteiger partial charge in [0.15, 0.2) is 5.69 Å². The van der Waals surface area contributed by atoms with Crippen molar-refractivity contribution in [3.63, 3.8) is 0 Å². The minimum atomic E-state index is -4.47. The number of thiazole rings is 1. The van der Waals surface area contributed by atoms with Crippen LogP contribution in [0.1, 0.15) is 29.0 Å². The van der Waals surface area contributed by atoms with Gasteiger partial charge in [-0.1, -0.05) is 6.92 Å². The van der Waals surface area contributed by atoms with E-state index in [1.807, 2.05) is 13.0 Å². The molecule has 6 nitrogen and oxygen atoms in total. The normalized spacial score (nSPS) is 11.5. The number of urea groups is 1. The number of amides is 2. The van der Waals surface area contributed by atoms with E-state index in [0.29, 0.717) is 0 Å². The first kappa shape index (κ1) is 17.3. The van der Waals surface area contributed by atoms with Crippen molar-refractivity contribution in [2.24, 2.45) is 0 Å². The zero-order chi connectivity index (χ0) is 17.0. The Labute approximate surface area is 134 Å². The lowest BCUT2D eigenvalue weighted by Crippen LogP contribution is -2.36. The summed E-state index contributed by atoms with van der Waals surface area (Å²) < 4.78 is 37.4. The van der Waals surface area contributed by atoms with Crippen LogP contribution in [0.25, 0.3) is 0 Å². The van der Waals surface area contributed by atoms with Crippen LogP contribution in [0.15, 0.2) is 11.4 Å². The minimum Gasteiger partial charge on any atom is -0.332 e. The first-order valence-electron chi connectivity index (χ1n) is 6.83. The second-order valence-electron chi connectivity index (χ2n) is 4.88. The molecule has 2 N–H and O–H groups in total. The number of H-pyrrole nitrogens is 1. The summed E-state index contributed by atoms with van der Waals surface area (Å²) in [7, 11) is 1.49. The van der Waals surface area contributed by atoms with Gasteiger partial charge in [-0.15, -0.1) is 11.3 Å². The summed E-state index contributed by atoms with van der Waals surface area (Å²) in [6.45, 7) is 2.24. The van der Waals surface area contributed by atoms with Gasteiger partial charge in [-0.3, -0.25) is 5.10 Å². The van der Waals surface area contributed by atoms with Crippen molar-refractivity contribution < 1.29 is 18.0 Å². The largest absolute Gasteiger partial charge is 0.434 e. The van der Waals surface area contributed by atoms with Crippen LogP contribution in [0.2, 0.25) is 0 Å². The van der Waals surface area contributed by atoms with E-state index in [2.05, 4.69) is 20.5 Å². The summed E-state index contributed by atoms with van der Waals surface area (Å²) in [5.41, 5.74) is 0.720. The van der Waals surface area contributed by atoms with Crippen molar-refractivity contribution >= 4 is 17.4 Å². The van der Waals surface area contributed by atoms with E-state index in [-0.39, 0.29) is 18.1 Å². The Bertz CT molecular complexity index is 667. The van der Waals surface area contributed by atoms with Gasteiger partial charge in [0.05, 0.1) is 24.5 Å². The lowest BCUT2D eigenvalue weighted by Gasteiger charge is -2.16. The SMILES string of the molecule is CCc1cc(CNC(=O)N(C)Cc2nc(C(F)(F)F)cs2)[nH]n1. The number of aromatic amines is 1. The van der Waals surface area contributed by atoms with Crippen molar-refractivity contribution in [3.8, 4) is 0 Å². The lowest BCUT2D eigenvalue weighted by molar-refractivity contribution is -0.140. The van der Waals surface area contributed by atoms with E-state index in [1.54, 1.807) is 0 Å². The zero-order valence-electron chi connectivity index (χ0n) is 12.6. The highest BCUT2D eigenvalue weighted by Gasteiger charge is 2.33. The number of halogens is 3. The molecule has 10 heteroatoms. The molecule has 0 bridgehead atoms. The molecule has 2 rings (SSSR count). The number of nitrogens with one attached hydrogen (secondary N) is 2. The zero-order valence-corrected chi connectivity index (χ0v) is 13.4. The summed E-state index contributed by atoms with van der Waals surface area (Å²) in [6, 6.07) is 1.44. The van der Waals surface area contributed by atoms with Crippen molar-refractivity contribution in [1.29, 1.82) is 0 Å². The minimum absolute atomic E-state index is 0.00969. The van der Waals surface area contributed by atoms with E-state index in [9.17, 15) is 18.0 Å². The molecule has 2 aromatic rings. The average Bonchev–Trinajstić information content (AvgIpc) is 3.12. The van der Waals surface area contributed by atoms with Gasteiger partial charge in [0.25, 0.3) is 0 Å². The van der Waals surface area contributed by atoms with Gasteiger partial charge in [0.1, 0.15) is 5.01 Å². The van der Waals surface area contributed by atoms with E-state index in [1.165, 1.54) is 11.9 Å². The molecule has 0 aliphatic carbocycles. The predicted molar refractivity (Wildman–Crippen MR) is 78.8 cm³/mol. The molecule has 0 unspecified atom stereocenters. The summed E-state index contributed by atoms with van der Waals surface area (Å²) in [5, 5.41) is 10.7. The molecule has 0 radical (unpaired) electrons. The molecule has 0 aromatic carbocycles. The Kier molecular flexibility index (Phi) is 5.24. The van der Waals surface area contributed by atoms with Crippen molar-refractivity contribution in [1.82, 2.24) is 25.4 Å². The van der Waals surface area contributed by atoms with Gasteiger partial charge in [0, 0.05) is 12.4 Å². The fourth-order valence-corrected chi connectivity index (χ4v) is 2.63. The smallest absolute Gasteiger partial charge is 0.332 e. The Hall–Kier alpha value is -2.10. The molecule has 0 saturated heterocycles. The lowest BCUT2D eigenvalue weighted by atomic mass is 10.3. The van der Waals surface area contributed by atoms with Crippen LogP contribution in [0.3, 0.4) is 0 Å². The van der Waals surface area contributed by atoms with Gasteiger partial charge in [-0.2, -0.15) is 18.3 Å². The number of rotatable bonds is 5. The number of hydrogen-bond donors (Lipinski definition) is 2. The third kappa shape index (κ3) is 4.68. The number of aryl methyl sites for hydroxylation is 1. The van der Waals surface area contributed by atoms with Crippen molar-refractivity contribution in [2.45, 2.75) is 32.6 Å². The standard InChI is InChI=1S/C13H16F3N5OS/c1-3-8-4-9(20-19-8)5-17-12(22)21(2)6-11-18-10(7-23-11)13(14,15)16/h4,7H,3,5-6H2,1-2H3,(H,17,22)(H,19,20). The van der Waals surface area contributed by atoms with Crippen LogP contribution in [0, 0.1) is 0 Å². The average molecular weight is 347 g/mol.